The topological polar surface area (TPSA) is 64.1 Å². The van der Waals surface area contributed by atoms with Crippen LogP contribution in [0.15, 0.2) is 48.5 Å². The lowest BCUT2D eigenvalue weighted by Crippen LogP contribution is -2.11. The molecule has 2 aromatic carbocycles. The van der Waals surface area contributed by atoms with Gasteiger partial charge in [0, 0.05) is 5.69 Å². The molecule has 0 fully saturated rings. The zero-order valence-electron chi connectivity index (χ0n) is 14.5. The van der Waals surface area contributed by atoms with E-state index < -0.39 is 6.61 Å². The molecule has 0 aliphatic heterocycles. The third-order valence-electron chi connectivity index (χ3n) is 3.53. The number of aromatic nitrogens is 2. The highest BCUT2D eigenvalue weighted by Crippen LogP contribution is 2.26. The van der Waals surface area contributed by atoms with Gasteiger partial charge in [0.25, 0.3) is 5.91 Å². The Morgan fingerprint density at radius 2 is 1.75 bits per heavy atom. The Kier molecular flexibility index (Phi) is 6.33. The minimum atomic E-state index is -2.88. The molecule has 1 amide bonds. The number of hydrogen-bond donors (Lipinski definition) is 1. The van der Waals surface area contributed by atoms with Crippen LogP contribution in [0.25, 0.3) is 11.1 Å². The zero-order chi connectivity index (χ0) is 20.1. The molecule has 3 aromatic rings. The summed E-state index contributed by atoms with van der Waals surface area (Å²) in [5, 5.41) is 11.3. The van der Waals surface area contributed by atoms with Crippen LogP contribution in [0.2, 0.25) is 0 Å². The smallest absolute Gasteiger partial charge is 0.387 e. The summed E-state index contributed by atoms with van der Waals surface area (Å²) in [6, 6.07) is 13.3. The van der Waals surface area contributed by atoms with Gasteiger partial charge in [-0.05, 0) is 42.8 Å². The van der Waals surface area contributed by atoms with Crippen molar-refractivity contribution in [2.75, 3.05) is 5.32 Å². The van der Waals surface area contributed by atoms with Gasteiger partial charge in [0.1, 0.15) is 5.75 Å². The third-order valence-corrected chi connectivity index (χ3v) is 4.89. The second-order valence-corrected chi connectivity index (χ2v) is 7.06. The molecule has 9 heteroatoms. The van der Waals surface area contributed by atoms with Crippen LogP contribution in [0, 0.1) is 6.92 Å². The maximum Gasteiger partial charge on any atom is 0.387 e. The number of benzene rings is 2. The third kappa shape index (κ3) is 5.34. The number of anilines is 1. The van der Waals surface area contributed by atoms with Gasteiger partial charge in [-0.25, -0.2) is 0 Å². The fraction of sp³-hybridized carbons (Fsp3) is 0.105. The Labute approximate surface area is 168 Å². The van der Waals surface area contributed by atoms with Crippen LogP contribution >= 0.6 is 22.9 Å². The van der Waals surface area contributed by atoms with Gasteiger partial charge in [0.05, 0.1) is 5.03 Å². The zero-order valence-corrected chi connectivity index (χ0v) is 16.1. The molecule has 0 saturated heterocycles. The molecule has 0 bridgehead atoms. The first-order valence-corrected chi connectivity index (χ1v) is 9.24. The monoisotopic (exact) mass is 421 g/mol. The fourth-order valence-corrected chi connectivity index (χ4v) is 3.11. The lowest BCUT2D eigenvalue weighted by Gasteiger charge is -2.04. The molecule has 0 unspecified atom stereocenters. The van der Waals surface area contributed by atoms with Gasteiger partial charge in [0.15, 0.2) is 5.01 Å². The van der Waals surface area contributed by atoms with E-state index in [2.05, 4.69) is 20.3 Å². The van der Waals surface area contributed by atoms with Crippen molar-refractivity contribution in [3.63, 3.8) is 0 Å². The first kappa shape index (κ1) is 19.9. The van der Waals surface area contributed by atoms with Crippen molar-refractivity contribution in [2.24, 2.45) is 0 Å². The van der Waals surface area contributed by atoms with Gasteiger partial charge in [0.2, 0.25) is 5.01 Å². The van der Waals surface area contributed by atoms with E-state index in [9.17, 15) is 13.6 Å². The Morgan fingerprint density at radius 3 is 2.39 bits per heavy atom. The molecule has 1 aromatic heterocycles. The van der Waals surface area contributed by atoms with E-state index in [1.165, 1.54) is 12.1 Å². The summed E-state index contributed by atoms with van der Waals surface area (Å²) < 4.78 is 28.6. The first-order chi connectivity index (χ1) is 13.4. The van der Waals surface area contributed by atoms with Crippen molar-refractivity contribution in [1.29, 1.82) is 0 Å². The molecule has 28 heavy (non-hydrogen) atoms. The Hall–Kier alpha value is -2.84. The summed E-state index contributed by atoms with van der Waals surface area (Å²) in [6.07, 6.45) is 1.59. The van der Waals surface area contributed by atoms with Crippen molar-refractivity contribution in [3.8, 4) is 5.75 Å². The molecule has 0 aliphatic rings. The summed E-state index contributed by atoms with van der Waals surface area (Å²) >= 11 is 7.29. The normalized spacial score (nSPS) is 11.5. The fourth-order valence-electron chi connectivity index (χ4n) is 2.19. The van der Waals surface area contributed by atoms with Gasteiger partial charge in [-0.2, -0.15) is 8.78 Å². The van der Waals surface area contributed by atoms with Crippen LogP contribution in [0.1, 0.15) is 25.9 Å². The first-order valence-electron chi connectivity index (χ1n) is 8.04. The molecule has 1 heterocycles. The second-order valence-electron chi connectivity index (χ2n) is 5.67. The van der Waals surface area contributed by atoms with Crippen LogP contribution in [0.4, 0.5) is 14.5 Å². The number of rotatable bonds is 6. The maximum absolute atomic E-state index is 12.3. The van der Waals surface area contributed by atoms with Gasteiger partial charge < -0.3 is 10.1 Å². The van der Waals surface area contributed by atoms with Crippen LogP contribution in [-0.4, -0.2) is 22.7 Å². The van der Waals surface area contributed by atoms with Crippen molar-refractivity contribution in [1.82, 2.24) is 10.2 Å². The Morgan fingerprint density at radius 1 is 1.11 bits per heavy atom. The standard InChI is InChI=1S/C19H14ClF2N3O2S/c1-11-2-6-13(7-3-11)23-16(26)18-25-24-17(28-18)15(20)10-12-4-8-14(9-5-12)27-19(21)22/h2-10,19H,1H3,(H,23,26)/b15-10-. The Balaban J connectivity index is 1.69. The molecule has 0 saturated carbocycles. The quantitative estimate of drug-likeness (QED) is 0.575. The SMILES string of the molecule is Cc1ccc(NC(=O)c2nnc(/C(Cl)=C/c3ccc(OC(F)F)cc3)s2)cc1. The number of halogens is 3. The summed E-state index contributed by atoms with van der Waals surface area (Å²) in [4.78, 5) is 12.3. The lowest BCUT2D eigenvalue weighted by molar-refractivity contribution is -0.0498. The van der Waals surface area contributed by atoms with Crippen molar-refractivity contribution in [2.45, 2.75) is 13.5 Å². The van der Waals surface area contributed by atoms with E-state index in [0.717, 1.165) is 16.9 Å². The van der Waals surface area contributed by atoms with Crippen molar-refractivity contribution >= 4 is 45.6 Å². The van der Waals surface area contributed by atoms with Crippen LogP contribution in [-0.2, 0) is 0 Å². The summed E-state index contributed by atoms with van der Waals surface area (Å²) in [7, 11) is 0. The average molecular weight is 422 g/mol. The summed E-state index contributed by atoms with van der Waals surface area (Å²) in [5.74, 6) is -0.333. The van der Waals surface area contributed by atoms with E-state index in [1.807, 2.05) is 19.1 Å². The number of hydrogen-bond acceptors (Lipinski definition) is 5. The average Bonchev–Trinajstić information content (AvgIpc) is 3.15. The van der Waals surface area contributed by atoms with Gasteiger partial charge in [-0.15, -0.1) is 10.2 Å². The lowest BCUT2D eigenvalue weighted by atomic mass is 10.2. The number of nitrogens with one attached hydrogen (secondary N) is 1. The van der Waals surface area contributed by atoms with Crippen LogP contribution < -0.4 is 10.1 Å². The molecule has 144 valence electrons. The largest absolute Gasteiger partial charge is 0.435 e. The van der Waals surface area contributed by atoms with Gasteiger partial charge in [-0.3, -0.25) is 4.79 Å². The van der Waals surface area contributed by atoms with Crippen molar-refractivity contribution in [3.05, 3.63) is 69.7 Å². The Bertz CT molecular complexity index is 989. The number of amides is 1. The molecule has 1 N–H and O–H groups in total. The molecular weight excluding hydrogens is 408 g/mol. The van der Waals surface area contributed by atoms with E-state index in [4.69, 9.17) is 11.6 Å². The minimum absolute atomic E-state index is 0.0502. The molecule has 5 nitrogen and oxygen atoms in total. The maximum atomic E-state index is 12.3. The molecule has 0 spiro atoms. The molecule has 0 aliphatic carbocycles. The summed E-state index contributed by atoms with van der Waals surface area (Å²) in [5.41, 5.74) is 2.40. The molecule has 0 atom stereocenters. The summed E-state index contributed by atoms with van der Waals surface area (Å²) in [6.45, 7) is -0.924. The van der Waals surface area contributed by atoms with Crippen LogP contribution in [0.3, 0.4) is 0 Å². The van der Waals surface area contributed by atoms with Crippen molar-refractivity contribution < 1.29 is 18.3 Å². The molecule has 3 rings (SSSR count). The van der Waals surface area contributed by atoms with E-state index in [1.54, 1.807) is 30.3 Å². The highest BCUT2D eigenvalue weighted by atomic mass is 35.5. The molecule has 0 radical (unpaired) electrons. The number of alkyl halides is 2. The van der Waals surface area contributed by atoms with Crippen LogP contribution in [0.5, 0.6) is 5.75 Å². The molecular formula is C19H14ClF2N3O2S. The number of aryl methyl sites for hydroxylation is 1. The minimum Gasteiger partial charge on any atom is -0.435 e. The predicted octanol–water partition coefficient (Wildman–Crippen LogP) is 5.44. The van der Waals surface area contributed by atoms with Gasteiger partial charge in [-0.1, -0.05) is 52.8 Å². The predicted molar refractivity (Wildman–Crippen MR) is 106 cm³/mol. The van der Waals surface area contributed by atoms with E-state index >= 15 is 0 Å². The van der Waals surface area contributed by atoms with E-state index in [-0.39, 0.29) is 21.7 Å². The van der Waals surface area contributed by atoms with E-state index in [0.29, 0.717) is 16.3 Å². The number of nitrogens with zero attached hydrogens (tertiary/aromatic N) is 2. The highest BCUT2D eigenvalue weighted by molar-refractivity contribution is 7.15. The number of carbonyl (C=O) groups excluding carboxylic acids is 1. The number of carbonyl (C=O) groups is 1. The van der Waals surface area contributed by atoms with Gasteiger partial charge >= 0.3 is 6.61 Å². The number of ether oxygens (including phenoxy) is 1. The highest BCUT2D eigenvalue weighted by Gasteiger charge is 2.15. The second kappa shape index (κ2) is 8.90.